The van der Waals surface area contributed by atoms with E-state index in [-0.39, 0.29) is 13.0 Å². The van der Waals surface area contributed by atoms with Crippen molar-refractivity contribution in [2.24, 2.45) is 0 Å². The first-order valence-corrected chi connectivity index (χ1v) is 11.5. The van der Waals surface area contributed by atoms with Gasteiger partial charge in [-0.1, -0.05) is 121 Å². The van der Waals surface area contributed by atoms with E-state index in [4.69, 9.17) is 4.65 Å². The maximum atomic E-state index is 7.40. The molecule has 0 aromatic heterocycles. The molecule has 1 aliphatic rings. The van der Waals surface area contributed by atoms with E-state index in [2.05, 4.69) is 127 Å². The first-order valence-electron chi connectivity index (χ1n) is 11.5. The summed E-state index contributed by atoms with van der Waals surface area (Å²) in [6.45, 7) is 0.816. The Morgan fingerprint density at radius 2 is 1.06 bits per heavy atom. The third-order valence-corrected chi connectivity index (χ3v) is 6.46. The molecule has 2 nitrogen and oxygen atoms in total. The van der Waals surface area contributed by atoms with E-state index in [0.717, 1.165) is 30.3 Å². The molecule has 0 amide bonds. The third-order valence-electron chi connectivity index (χ3n) is 6.46. The van der Waals surface area contributed by atoms with Crippen molar-refractivity contribution < 1.29 is 4.65 Å². The zero-order valence-corrected chi connectivity index (χ0v) is 18.2. The molecule has 1 aliphatic heterocycles. The van der Waals surface area contributed by atoms with Crippen molar-refractivity contribution in [3.63, 3.8) is 0 Å². The van der Waals surface area contributed by atoms with E-state index in [1.807, 2.05) is 0 Å². The minimum atomic E-state index is -0.616. The van der Waals surface area contributed by atoms with Crippen LogP contribution >= 0.6 is 0 Å². The minimum Gasteiger partial charge on any atom is -0.412 e. The highest BCUT2D eigenvalue weighted by atomic mass is 16.5. The molecule has 0 spiro atoms. The van der Waals surface area contributed by atoms with Gasteiger partial charge < -0.3 is 9.97 Å². The van der Waals surface area contributed by atoms with Gasteiger partial charge >= 0.3 is 6.92 Å². The number of hydrogen-bond donors (Lipinski definition) is 1. The van der Waals surface area contributed by atoms with E-state index >= 15 is 0 Å². The lowest BCUT2D eigenvalue weighted by atomic mass is 9.54. The van der Waals surface area contributed by atoms with E-state index < -0.39 is 5.60 Å². The number of rotatable bonds is 7. The molecule has 0 saturated carbocycles. The van der Waals surface area contributed by atoms with Crippen molar-refractivity contribution in [2.75, 3.05) is 6.54 Å². The summed E-state index contributed by atoms with van der Waals surface area (Å²) < 4.78 is 7.40. The summed E-state index contributed by atoms with van der Waals surface area (Å²) in [4.78, 5) is 0. The molecule has 0 bridgehead atoms. The van der Waals surface area contributed by atoms with E-state index in [0.29, 0.717) is 0 Å². The molecule has 1 heterocycles. The van der Waals surface area contributed by atoms with Crippen LogP contribution in [0.4, 0.5) is 0 Å². The molecule has 0 aliphatic carbocycles. The van der Waals surface area contributed by atoms with Gasteiger partial charge in [-0.25, -0.2) is 0 Å². The molecule has 0 unspecified atom stereocenters. The quantitative estimate of drug-likeness (QED) is 0.447. The van der Waals surface area contributed by atoms with E-state index in [9.17, 15) is 0 Å². The van der Waals surface area contributed by atoms with Crippen molar-refractivity contribution in [1.82, 2.24) is 5.32 Å². The second kappa shape index (κ2) is 9.56. The van der Waals surface area contributed by atoms with Crippen molar-refractivity contribution in [2.45, 2.75) is 24.5 Å². The molecule has 32 heavy (non-hydrogen) atoms. The summed E-state index contributed by atoms with van der Waals surface area (Å²) in [5.41, 5.74) is 4.07. The Morgan fingerprint density at radius 1 is 0.625 bits per heavy atom. The van der Waals surface area contributed by atoms with Crippen molar-refractivity contribution in [1.29, 1.82) is 0 Å². The second-order valence-corrected chi connectivity index (χ2v) is 8.44. The Hall–Kier alpha value is -3.14. The number of nitrogens with one attached hydrogen (secondary N) is 1. The van der Waals surface area contributed by atoms with Crippen LogP contribution in [0.25, 0.3) is 0 Å². The second-order valence-electron chi connectivity index (χ2n) is 8.44. The van der Waals surface area contributed by atoms with Gasteiger partial charge in [0.15, 0.2) is 0 Å². The smallest absolute Gasteiger partial charge is 0.362 e. The van der Waals surface area contributed by atoms with Crippen LogP contribution in [0.15, 0.2) is 121 Å². The molecular weight excluding hydrogens is 389 g/mol. The van der Waals surface area contributed by atoms with Crippen LogP contribution in [-0.2, 0) is 10.3 Å². The highest BCUT2D eigenvalue weighted by Crippen LogP contribution is 2.40. The Bertz CT molecular complexity index is 1020. The average molecular weight is 417 g/mol. The summed E-state index contributed by atoms with van der Waals surface area (Å²) in [6, 6.07) is 42.8. The number of hydrogen-bond acceptors (Lipinski definition) is 2. The Kier molecular flexibility index (Phi) is 6.20. The summed E-state index contributed by atoms with van der Waals surface area (Å²) >= 11 is 0. The van der Waals surface area contributed by atoms with Gasteiger partial charge in [-0.2, -0.15) is 0 Å². The first-order chi connectivity index (χ1) is 15.9. The zero-order valence-electron chi connectivity index (χ0n) is 18.2. The molecular formula is C29H28BNO. The SMILES string of the molecule is c1ccc(B(OC(c2ccccc2)(c2ccccc2)[C@@H]2CCCN2)c2ccccc2)cc1. The van der Waals surface area contributed by atoms with Gasteiger partial charge in [0.2, 0.25) is 0 Å². The number of benzene rings is 4. The van der Waals surface area contributed by atoms with Crippen LogP contribution in [0.5, 0.6) is 0 Å². The van der Waals surface area contributed by atoms with Crippen LogP contribution in [0.1, 0.15) is 24.0 Å². The van der Waals surface area contributed by atoms with Gasteiger partial charge in [0.1, 0.15) is 5.60 Å². The molecule has 1 N–H and O–H groups in total. The molecule has 3 heteroatoms. The lowest BCUT2D eigenvalue weighted by Crippen LogP contribution is -2.57. The van der Waals surface area contributed by atoms with Gasteiger partial charge in [0.05, 0.1) is 0 Å². The lowest BCUT2D eigenvalue weighted by molar-refractivity contribution is 0.0748. The normalized spacial score (nSPS) is 16.1. The summed E-state index contributed by atoms with van der Waals surface area (Å²) in [5, 5.41) is 3.78. The fraction of sp³-hybridized carbons (Fsp3) is 0.172. The molecule has 4 aromatic carbocycles. The molecule has 1 atom stereocenters. The van der Waals surface area contributed by atoms with Gasteiger partial charge in [-0.3, -0.25) is 0 Å². The van der Waals surface area contributed by atoms with Gasteiger partial charge in [0.25, 0.3) is 0 Å². The predicted molar refractivity (Wildman–Crippen MR) is 134 cm³/mol. The van der Waals surface area contributed by atoms with Crippen LogP contribution in [-0.4, -0.2) is 19.5 Å². The van der Waals surface area contributed by atoms with Crippen LogP contribution < -0.4 is 16.2 Å². The Labute approximate surface area is 191 Å². The molecule has 158 valence electrons. The highest BCUT2D eigenvalue weighted by molar-refractivity contribution is 6.80. The monoisotopic (exact) mass is 417 g/mol. The molecule has 5 rings (SSSR count). The fourth-order valence-corrected chi connectivity index (χ4v) is 4.96. The van der Waals surface area contributed by atoms with Gasteiger partial charge in [-0.15, -0.1) is 0 Å². The van der Waals surface area contributed by atoms with Crippen molar-refractivity contribution in [3.8, 4) is 0 Å². The zero-order chi connectivity index (χ0) is 21.6. The Balaban J connectivity index is 1.72. The third kappa shape index (κ3) is 4.02. The standard InChI is InChI=1S/C29H28BNO/c1-5-14-24(15-6-1)29(28-22-13-23-31-28,25-16-7-2-8-17-25)32-30(26-18-9-3-10-19-26)27-20-11-4-12-21-27/h1-12,14-21,28,31H,13,22-23H2/t28-/m0/s1. The summed E-state index contributed by atoms with van der Waals surface area (Å²) in [6.07, 6.45) is 2.22. The largest absolute Gasteiger partial charge is 0.412 e. The first kappa shape index (κ1) is 20.8. The summed E-state index contributed by atoms with van der Waals surface area (Å²) in [7, 11) is 0. The molecule has 4 aromatic rings. The van der Waals surface area contributed by atoms with Gasteiger partial charge in [-0.05, 0) is 41.4 Å². The summed E-state index contributed by atoms with van der Waals surface area (Å²) in [5.74, 6) is 0. The Morgan fingerprint density at radius 3 is 1.47 bits per heavy atom. The van der Waals surface area contributed by atoms with Crippen LogP contribution in [0.2, 0.25) is 0 Å². The lowest BCUT2D eigenvalue weighted by Gasteiger charge is -2.43. The molecule has 1 saturated heterocycles. The minimum absolute atomic E-state index is 0.183. The average Bonchev–Trinajstić information content (AvgIpc) is 3.43. The predicted octanol–water partition coefficient (Wildman–Crippen LogP) is 4.50. The van der Waals surface area contributed by atoms with Crippen molar-refractivity contribution in [3.05, 3.63) is 132 Å². The van der Waals surface area contributed by atoms with E-state index in [1.54, 1.807) is 0 Å². The fourth-order valence-electron chi connectivity index (χ4n) is 4.96. The molecule has 0 radical (unpaired) electrons. The topological polar surface area (TPSA) is 21.3 Å². The maximum absolute atomic E-state index is 7.40. The van der Waals surface area contributed by atoms with E-state index in [1.165, 1.54) is 11.1 Å². The molecule has 1 fully saturated rings. The maximum Gasteiger partial charge on any atom is 0.362 e. The van der Waals surface area contributed by atoms with Crippen LogP contribution in [0.3, 0.4) is 0 Å². The van der Waals surface area contributed by atoms with Gasteiger partial charge in [0, 0.05) is 6.04 Å². The highest BCUT2D eigenvalue weighted by Gasteiger charge is 2.47. The van der Waals surface area contributed by atoms with Crippen LogP contribution in [0, 0.1) is 0 Å². The van der Waals surface area contributed by atoms with Crippen molar-refractivity contribution >= 4 is 17.8 Å².